The Morgan fingerprint density at radius 3 is 2.41 bits per heavy atom. The second-order valence-electron chi connectivity index (χ2n) is 8.48. The van der Waals surface area contributed by atoms with Gasteiger partial charge >= 0.3 is 17.9 Å². The first-order valence-electron chi connectivity index (χ1n) is 11.5. The number of carbonyl (C=O) groups excluding carboxylic acids is 4. The van der Waals surface area contributed by atoms with Gasteiger partial charge in [-0.2, -0.15) is 0 Å². The Hall–Kier alpha value is -2.00. The number of ketones is 1. The Labute approximate surface area is 189 Å². The van der Waals surface area contributed by atoms with Gasteiger partial charge in [-0.15, -0.1) is 0 Å². The first kappa shape index (κ1) is 26.3. The van der Waals surface area contributed by atoms with Crippen molar-refractivity contribution < 1.29 is 42.9 Å². The molecule has 0 radical (unpaired) electrons. The van der Waals surface area contributed by atoms with Crippen LogP contribution in [-0.2, 0) is 42.9 Å². The average Bonchev–Trinajstić information content (AvgIpc) is 3.13. The third kappa shape index (κ3) is 9.24. The smallest absolute Gasteiger partial charge is 0.305 e. The van der Waals surface area contributed by atoms with Crippen LogP contribution in [-0.4, -0.2) is 62.0 Å². The maximum Gasteiger partial charge on any atom is 0.305 e. The summed E-state index contributed by atoms with van der Waals surface area (Å²) >= 11 is 0. The van der Waals surface area contributed by atoms with Crippen LogP contribution in [0.15, 0.2) is 0 Å². The van der Waals surface area contributed by atoms with Crippen LogP contribution in [0.3, 0.4) is 0 Å². The van der Waals surface area contributed by atoms with Crippen LogP contribution >= 0.6 is 0 Å². The van der Waals surface area contributed by atoms with Gasteiger partial charge < -0.3 is 23.7 Å². The normalized spacial score (nSPS) is 26.2. The quantitative estimate of drug-likeness (QED) is 0.323. The molecule has 1 aliphatic heterocycles. The Balaban J connectivity index is 1.90. The number of ether oxygens (including phenoxy) is 5. The predicted octanol–water partition coefficient (Wildman–Crippen LogP) is 2.86. The molecule has 182 valence electrons. The summed E-state index contributed by atoms with van der Waals surface area (Å²) in [7, 11) is 1.32. The van der Waals surface area contributed by atoms with E-state index in [1.54, 1.807) is 0 Å². The fraction of sp³-hybridized carbons (Fsp3) is 0.826. The zero-order valence-electron chi connectivity index (χ0n) is 19.3. The molecule has 2 aliphatic rings. The van der Waals surface area contributed by atoms with Gasteiger partial charge in [0.25, 0.3) is 0 Å². The monoisotopic (exact) mass is 456 g/mol. The first-order chi connectivity index (χ1) is 15.3. The molecule has 1 saturated carbocycles. The molecule has 2 fully saturated rings. The second kappa shape index (κ2) is 13.5. The highest BCUT2D eigenvalue weighted by Gasteiger charge is 2.42. The summed E-state index contributed by atoms with van der Waals surface area (Å²) in [6.45, 7) is 3.32. The number of esters is 3. The van der Waals surface area contributed by atoms with Crippen LogP contribution in [0.25, 0.3) is 0 Å². The van der Waals surface area contributed by atoms with Gasteiger partial charge in [-0.3, -0.25) is 19.2 Å². The Morgan fingerprint density at radius 1 is 1.00 bits per heavy atom. The number of carbonyl (C=O) groups is 4. The molecule has 9 nitrogen and oxygen atoms in total. The predicted molar refractivity (Wildman–Crippen MR) is 112 cm³/mol. The van der Waals surface area contributed by atoms with Gasteiger partial charge in [0.1, 0.15) is 18.0 Å². The molecule has 32 heavy (non-hydrogen) atoms. The molecule has 1 saturated heterocycles. The fourth-order valence-corrected chi connectivity index (χ4v) is 4.34. The van der Waals surface area contributed by atoms with Crippen molar-refractivity contribution in [1.82, 2.24) is 0 Å². The third-order valence-electron chi connectivity index (χ3n) is 5.85. The highest BCUT2D eigenvalue weighted by Crippen LogP contribution is 2.34. The van der Waals surface area contributed by atoms with Crippen molar-refractivity contribution in [2.75, 3.05) is 13.7 Å². The molecule has 0 N–H and O–H groups in total. The number of hydrogen-bond acceptors (Lipinski definition) is 9. The number of hydrogen-bond donors (Lipinski definition) is 0. The van der Waals surface area contributed by atoms with Gasteiger partial charge in [-0.05, 0) is 44.9 Å². The van der Waals surface area contributed by atoms with Gasteiger partial charge in [0, 0.05) is 39.7 Å². The van der Waals surface area contributed by atoms with E-state index in [1.165, 1.54) is 21.0 Å². The molecule has 0 aromatic carbocycles. The maximum atomic E-state index is 13.0. The second-order valence-corrected chi connectivity index (χ2v) is 8.48. The van der Waals surface area contributed by atoms with Gasteiger partial charge in [0.05, 0.1) is 19.1 Å². The van der Waals surface area contributed by atoms with Crippen LogP contribution in [0, 0.1) is 5.92 Å². The van der Waals surface area contributed by atoms with E-state index in [2.05, 4.69) is 4.74 Å². The summed E-state index contributed by atoms with van der Waals surface area (Å²) in [5.41, 5.74) is 0. The van der Waals surface area contributed by atoms with Crippen molar-refractivity contribution >= 4 is 23.7 Å². The van der Waals surface area contributed by atoms with Gasteiger partial charge in [0.2, 0.25) is 0 Å². The van der Waals surface area contributed by atoms with Crippen molar-refractivity contribution in [2.24, 2.45) is 5.92 Å². The van der Waals surface area contributed by atoms with Crippen molar-refractivity contribution in [2.45, 2.75) is 103 Å². The van der Waals surface area contributed by atoms with Crippen molar-refractivity contribution in [3.8, 4) is 0 Å². The maximum absolute atomic E-state index is 13.0. The van der Waals surface area contributed by atoms with Gasteiger partial charge in [-0.25, -0.2) is 0 Å². The molecule has 1 heterocycles. The molecule has 1 aliphatic carbocycles. The van der Waals surface area contributed by atoms with E-state index in [9.17, 15) is 19.2 Å². The summed E-state index contributed by atoms with van der Waals surface area (Å²) in [5.74, 6) is -1.69. The molecule has 2 rings (SSSR count). The van der Waals surface area contributed by atoms with Crippen molar-refractivity contribution in [1.29, 1.82) is 0 Å². The lowest BCUT2D eigenvalue weighted by molar-refractivity contribution is -0.188. The molecular weight excluding hydrogens is 420 g/mol. The van der Waals surface area contributed by atoms with Crippen molar-refractivity contribution in [3.05, 3.63) is 0 Å². The molecule has 9 heteroatoms. The SMILES string of the molecule is COC(=O)CCCC(CCC(=O)C1CC(OC2CCCCO2)CC1OC(C)=O)OC(C)=O. The lowest BCUT2D eigenvalue weighted by Gasteiger charge is -2.25. The van der Waals surface area contributed by atoms with E-state index in [1.807, 2.05) is 0 Å². The summed E-state index contributed by atoms with van der Waals surface area (Å²) in [6.07, 6.45) is 4.06. The van der Waals surface area contributed by atoms with E-state index in [4.69, 9.17) is 18.9 Å². The van der Waals surface area contributed by atoms with Crippen LogP contribution < -0.4 is 0 Å². The molecule has 5 unspecified atom stereocenters. The van der Waals surface area contributed by atoms with E-state index in [0.717, 1.165) is 19.3 Å². The standard InChI is InChI=1S/C23H36O9/c1-15(24)30-17(7-6-8-22(27)28-3)10-11-20(26)19-13-18(14-21(19)31-16(2)25)32-23-9-4-5-12-29-23/h17-19,21,23H,4-14H2,1-3H3. The van der Waals surface area contributed by atoms with Gasteiger partial charge in [0.15, 0.2) is 6.29 Å². The van der Waals surface area contributed by atoms with Crippen LogP contribution in [0.1, 0.15) is 78.1 Å². The third-order valence-corrected chi connectivity index (χ3v) is 5.85. The van der Waals surface area contributed by atoms with E-state index < -0.39 is 30.1 Å². The Kier molecular flexibility index (Phi) is 11.1. The zero-order chi connectivity index (χ0) is 23.5. The first-order valence-corrected chi connectivity index (χ1v) is 11.5. The average molecular weight is 457 g/mol. The van der Waals surface area contributed by atoms with Crippen LogP contribution in [0.2, 0.25) is 0 Å². The summed E-state index contributed by atoms with van der Waals surface area (Å²) < 4.78 is 27.0. The lowest BCUT2D eigenvalue weighted by atomic mass is 9.94. The molecule has 0 bridgehead atoms. The molecule has 0 aromatic heterocycles. The highest BCUT2D eigenvalue weighted by molar-refractivity contribution is 5.82. The number of Topliss-reactive ketones (excluding diaryl/α,β-unsaturated/α-hetero) is 1. The van der Waals surface area contributed by atoms with E-state index in [0.29, 0.717) is 38.7 Å². The summed E-state index contributed by atoms with van der Waals surface area (Å²) in [6, 6.07) is 0. The lowest BCUT2D eigenvalue weighted by Crippen LogP contribution is -2.28. The molecule has 0 amide bonds. The Bertz CT molecular complexity index is 641. The minimum absolute atomic E-state index is 0.0444. The van der Waals surface area contributed by atoms with Crippen LogP contribution in [0.4, 0.5) is 0 Å². The number of methoxy groups -OCH3 is 1. The minimum Gasteiger partial charge on any atom is -0.469 e. The summed E-state index contributed by atoms with van der Waals surface area (Å²) in [4.78, 5) is 47.3. The molecule has 0 spiro atoms. The largest absolute Gasteiger partial charge is 0.469 e. The van der Waals surface area contributed by atoms with E-state index in [-0.39, 0.29) is 37.0 Å². The zero-order valence-corrected chi connectivity index (χ0v) is 19.3. The molecular formula is C23H36O9. The molecule has 5 atom stereocenters. The Morgan fingerprint density at radius 2 is 1.78 bits per heavy atom. The van der Waals surface area contributed by atoms with Gasteiger partial charge in [-0.1, -0.05) is 0 Å². The van der Waals surface area contributed by atoms with Crippen molar-refractivity contribution in [3.63, 3.8) is 0 Å². The van der Waals surface area contributed by atoms with Crippen LogP contribution in [0.5, 0.6) is 0 Å². The molecule has 0 aromatic rings. The summed E-state index contributed by atoms with van der Waals surface area (Å²) in [5, 5.41) is 0. The highest BCUT2D eigenvalue weighted by atomic mass is 16.7. The van der Waals surface area contributed by atoms with E-state index >= 15 is 0 Å². The minimum atomic E-state index is -0.528. The fourth-order valence-electron chi connectivity index (χ4n) is 4.34. The topological polar surface area (TPSA) is 114 Å². The number of rotatable bonds is 12.